The van der Waals surface area contributed by atoms with Gasteiger partial charge in [0.2, 0.25) is 5.91 Å². The lowest BCUT2D eigenvalue weighted by atomic mass is 9.82. The molecule has 23 heavy (non-hydrogen) atoms. The Morgan fingerprint density at radius 3 is 2.91 bits per heavy atom. The quantitative estimate of drug-likeness (QED) is 0.829. The van der Waals surface area contributed by atoms with Gasteiger partial charge in [0.05, 0.1) is 21.1 Å². The summed E-state index contributed by atoms with van der Waals surface area (Å²) in [5.74, 6) is 0.299. The first-order chi connectivity index (χ1) is 11.2. The van der Waals surface area contributed by atoms with Crippen LogP contribution in [0, 0.1) is 5.92 Å². The summed E-state index contributed by atoms with van der Waals surface area (Å²) in [4.78, 5) is 17.4. The molecule has 1 aromatic carbocycles. The van der Waals surface area contributed by atoms with Gasteiger partial charge in [0, 0.05) is 18.5 Å². The van der Waals surface area contributed by atoms with Crippen molar-refractivity contribution in [2.75, 3.05) is 13.6 Å². The third-order valence-electron chi connectivity index (χ3n) is 4.47. The van der Waals surface area contributed by atoms with Crippen molar-refractivity contribution in [2.45, 2.75) is 31.7 Å². The molecular formula is C18H23N3OS. The van der Waals surface area contributed by atoms with Crippen molar-refractivity contribution in [3.63, 3.8) is 0 Å². The second-order valence-electron chi connectivity index (χ2n) is 6.11. The van der Waals surface area contributed by atoms with Crippen molar-refractivity contribution < 1.29 is 4.79 Å². The van der Waals surface area contributed by atoms with E-state index in [4.69, 9.17) is 4.98 Å². The van der Waals surface area contributed by atoms with Crippen molar-refractivity contribution in [1.29, 1.82) is 0 Å². The number of carbonyl (C=O) groups is 1. The topological polar surface area (TPSA) is 54.0 Å². The highest BCUT2D eigenvalue weighted by molar-refractivity contribution is 7.18. The van der Waals surface area contributed by atoms with Gasteiger partial charge in [-0.1, -0.05) is 24.3 Å². The molecule has 4 nitrogen and oxygen atoms in total. The molecule has 3 unspecified atom stereocenters. The molecule has 122 valence electrons. The van der Waals surface area contributed by atoms with Gasteiger partial charge in [0.25, 0.3) is 0 Å². The minimum Gasteiger partial charge on any atom is -0.354 e. The molecule has 0 bridgehead atoms. The highest BCUT2D eigenvalue weighted by atomic mass is 32.1. The first-order valence-corrected chi connectivity index (χ1v) is 8.96. The van der Waals surface area contributed by atoms with Crippen LogP contribution in [0.4, 0.5) is 0 Å². The second-order valence-corrected chi connectivity index (χ2v) is 7.17. The van der Waals surface area contributed by atoms with E-state index < -0.39 is 0 Å². The van der Waals surface area contributed by atoms with Crippen molar-refractivity contribution in [2.24, 2.45) is 5.92 Å². The van der Waals surface area contributed by atoms with Crippen LogP contribution in [-0.2, 0) is 4.79 Å². The van der Waals surface area contributed by atoms with E-state index in [9.17, 15) is 4.79 Å². The van der Waals surface area contributed by atoms with E-state index in [1.54, 1.807) is 11.3 Å². The summed E-state index contributed by atoms with van der Waals surface area (Å²) >= 11 is 1.72. The number of carbonyl (C=O) groups excluding carboxylic acids is 1. The molecule has 3 atom stereocenters. The van der Waals surface area contributed by atoms with Gasteiger partial charge >= 0.3 is 0 Å². The monoisotopic (exact) mass is 329 g/mol. The highest BCUT2D eigenvalue weighted by Crippen LogP contribution is 2.38. The van der Waals surface area contributed by atoms with Gasteiger partial charge in [-0.25, -0.2) is 4.98 Å². The number of nitrogens with zero attached hydrogens (tertiary/aromatic N) is 1. The number of hydrogen-bond donors (Lipinski definition) is 2. The van der Waals surface area contributed by atoms with Gasteiger partial charge in [-0.2, -0.15) is 0 Å². The fourth-order valence-electron chi connectivity index (χ4n) is 2.91. The summed E-state index contributed by atoms with van der Waals surface area (Å²) in [6.07, 6.45) is 5.98. The Hall–Kier alpha value is -1.72. The molecule has 0 aliphatic heterocycles. The molecule has 2 N–H and O–H groups in total. The van der Waals surface area contributed by atoms with Crippen molar-refractivity contribution in [3.8, 4) is 0 Å². The van der Waals surface area contributed by atoms with Crippen LogP contribution < -0.4 is 10.6 Å². The maximum atomic E-state index is 12.6. The maximum absolute atomic E-state index is 12.6. The number of para-hydroxylation sites is 1. The first-order valence-electron chi connectivity index (χ1n) is 8.14. The van der Waals surface area contributed by atoms with Gasteiger partial charge in [0.15, 0.2) is 0 Å². The predicted molar refractivity (Wildman–Crippen MR) is 95.8 cm³/mol. The molecule has 0 saturated heterocycles. The molecule has 1 aromatic heterocycles. The van der Waals surface area contributed by atoms with E-state index in [0.717, 1.165) is 23.4 Å². The van der Waals surface area contributed by atoms with E-state index in [1.165, 1.54) is 4.70 Å². The number of rotatable bonds is 5. The smallest absolute Gasteiger partial charge is 0.224 e. The average molecular weight is 329 g/mol. The standard InChI is InChI=1S/C18H23N3OS/c1-12(19-2)11-20-17(22)13-7-3-4-8-14(13)18-21-15-9-5-6-10-16(15)23-18/h3-6,9-10,12-14,19H,7-8,11H2,1-2H3,(H,20,22). The van der Waals surface area contributed by atoms with E-state index in [-0.39, 0.29) is 23.8 Å². The third kappa shape index (κ3) is 3.62. The summed E-state index contributed by atoms with van der Waals surface area (Å²) in [7, 11) is 1.91. The first kappa shape index (κ1) is 16.1. The van der Waals surface area contributed by atoms with Crippen molar-refractivity contribution >= 4 is 27.5 Å². The Balaban J connectivity index is 1.78. The number of allylic oxidation sites excluding steroid dienone is 2. The zero-order valence-corrected chi connectivity index (χ0v) is 14.4. The fourth-order valence-corrected chi connectivity index (χ4v) is 4.06. The zero-order chi connectivity index (χ0) is 16.2. The lowest BCUT2D eigenvalue weighted by Crippen LogP contribution is -2.41. The number of hydrogen-bond acceptors (Lipinski definition) is 4. The molecule has 0 fully saturated rings. The zero-order valence-electron chi connectivity index (χ0n) is 13.6. The van der Waals surface area contributed by atoms with E-state index in [1.807, 2.05) is 25.2 Å². The number of benzene rings is 1. The minimum absolute atomic E-state index is 0.0235. The molecular weight excluding hydrogens is 306 g/mol. The lowest BCUT2D eigenvalue weighted by Gasteiger charge is -2.26. The molecule has 1 aliphatic rings. The number of amides is 1. The van der Waals surface area contributed by atoms with Crippen LogP contribution in [0.25, 0.3) is 10.2 Å². The van der Waals surface area contributed by atoms with E-state index in [0.29, 0.717) is 6.54 Å². The largest absolute Gasteiger partial charge is 0.354 e. The van der Waals surface area contributed by atoms with Gasteiger partial charge in [-0.15, -0.1) is 11.3 Å². The fraction of sp³-hybridized carbons (Fsp3) is 0.444. The van der Waals surface area contributed by atoms with Crippen LogP contribution in [0.15, 0.2) is 36.4 Å². The third-order valence-corrected chi connectivity index (χ3v) is 5.64. The predicted octanol–water partition coefficient (Wildman–Crippen LogP) is 3.07. The normalized spacial score (nSPS) is 22.2. The minimum atomic E-state index is -0.0235. The van der Waals surface area contributed by atoms with E-state index >= 15 is 0 Å². The summed E-state index contributed by atoms with van der Waals surface area (Å²) < 4.78 is 1.19. The Labute approximate surface area is 141 Å². The van der Waals surface area contributed by atoms with Crippen LogP contribution in [-0.4, -0.2) is 30.5 Å². The lowest BCUT2D eigenvalue weighted by molar-refractivity contribution is -0.125. The van der Waals surface area contributed by atoms with Crippen molar-refractivity contribution in [1.82, 2.24) is 15.6 Å². The number of nitrogens with one attached hydrogen (secondary N) is 2. The number of aromatic nitrogens is 1. The van der Waals surface area contributed by atoms with Gasteiger partial charge in [0.1, 0.15) is 0 Å². The number of fused-ring (bicyclic) bond motifs is 1. The Morgan fingerprint density at radius 2 is 2.13 bits per heavy atom. The molecule has 0 saturated carbocycles. The number of thiazole rings is 1. The van der Waals surface area contributed by atoms with Crippen molar-refractivity contribution in [3.05, 3.63) is 41.4 Å². The molecule has 1 amide bonds. The molecule has 1 heterocycles. The molecule has 3 rings (SSSR count). The Morgan fingerprint density at radius 1 is 1.35 bits per heavy atom. The molecule has 5 heteroatoms. The Bertz CT molecular complexity index is 676. The highest BCUT2D eigenvalue weighted by Gasteiger charge is 2.32. The maximum Gasteiger partial charge on any atom is 0.224 e. The van der Waals surface area contributed by atoms with Crippen LogP contribution in [0.3, 0.4) is 0 Å². The summed E-state index contributed by atoms with van der Waals surface area (Å²) in [5.41, 5.74) is 1.03. The van der Waals surface area contributed by atoms with Crippen LogP contribution in [0.5, 0.6) is 0 Å². The van der Waals surface area contributed by atoms with Crippen LogP contribution in [0.2, 0.25) is 0 Å². The second kappa shape index (κ2) is 7.23. The Kier molecular flexibility index (Phi) is 5.08. The number of likely N-dealkylation sites (N-methyl/N-ethyl adjacent to an activating group) is 1. The van der Waals surface area contributed by atoms with Gasteiger partial charge in [-0.3, -0.25) is 4.79 Å². The summed E-state index contributed by atoms with van der Waals surface area (Å²) in [5, 5.41) is 7.30. The molecule has 2 aromatic rings. The average Bonchev–Trinajstić information content (AvgIpc) is 3.03. The summed E-state index contributed by atoms with van der Waals surface area (Å²) in [6, 6.07) is 8.46. The SMILES string of the molecule is CNC(C)CNC(=O)C1CC=CCC1c1nc2ccccc2s1. The van der Waals surface area contributed by atoms with E-state index in [2.05, 4.69) is 35.8 Å². The van der Waals surface area contributed by atoms with Gasteiger partial charge in [-0.05, 0) is 38.9 Å². The summed E-state index contributed by atoms with van der Waals surface area (Å²) in [6.45, 7) is 2.72. The van der Waals surface area contributed by atoms with Crippen LogP contribution in [0.1, 0.15) is 30.7 Å². The molecule has 0 spiro atoms. The van der Waals surface area contributed by atoms with Crippen LogP contribution >= 0.6 is 11.3 Å². The molecule has 0 radical (unpaired) electrons. The molecule has 1 aliphatic carbocycles. The van der Waals surface area contributed by atoms with Gasteiger partial charge < -0.3 is 10.6 Å².